The third-order valence-corrected chi connectivity index (χ3v) is 5.44. The number of fused-ring (bicyclic) bond motifs is 1. The van der Waals surface area contributed by atoms with Gasteiger partial charge in [0.25, 0.3) is 5.69 Å². The molecule has 7 heteroatoms. The van der Waals surface area contributed by atoms with Crippen LogP contribution in [0.2, 0.25) is 0 Å². The highest BCUT2D eigenvalue weighted by molar-refractivity contribution is 6.22. The summed E-state index contributed by atoms with van der Waals surface area (Å²) in [5, 5.41) is 11.4. The summed E-state index contributed by atoms with van der Waals surface area (Å²) in [7, 11) is 0. The Balaban J connectivity index is 1.71. The van der Waals surface area contributed by atoms with Crippen LogP contribution in [0.4, 0.5) is 11.4 Å². The van der Waals surface area contributed by atoms with Crippen LogP contribution >= 0.6 is 0 Å². The molecule has 1 saturated heterocycles. The van der Waals surface area contributed by atoms with Crippen LogP contribution in [-0.4, -0.2) is 16.7 Å². The molecule has 1 aliphatic carbocycles. The van der Waals surface area contributed by atoms with Crippen molar-refractivity contribution in [1.82, 2.24) is 0 Å². The Morgan fingerprint density at radius 3 is 2.14 bits per heavy atom. The van der Waals surface area contributed by atoms with E-state index >= 15 is 0 Å². The van der Waals surface area contributed by atoms with Crippen molar-refractivity contribution in [2.24, 2.45) is 11.8 Å². The van der Waals surface area contributed by atoms with Crippen molar-refractivity contribution in [3.8, 4) is 11.5 Å². The van der Waals surface area contributed by atoms with Crippen LogP contribution in [0.15, 0.2) is 42.5 Å². The summed E-state index contributed by atoms with van der Waals surface area (Å²) < 4.78 is 5.76. The van der Waals surface area contributed by atoms with E-state index in [1.165, 1.54) is 18.2 Å². The van der Waals surface area contributed by atoms with Crippen molar-refractivity contribution < 1.29 is 19.2 Å². The molecular weight excluding hydrogens is 360 g/mol. The predicted octanol–water partition coefficient (Wildman–Crippen LogP) is 4.38. The van der Waals surface area contributed by atoms with Crippen LogP contribution in [0.1, 0.15) is 31.2 Å². The lowest BCUT2D eigenvalue weighted by Crippen LogP contribution is -2.30. The summed E-state index contributed by atoms with van der Waals surface area (Å²) in [5.41, 5.74) is 1.03. The van der Waals surface area contributed by atoms with E-state index in [9.17, 15) is 19.7 Å². The van der Waals surface area contributed by atoms with Crippen LogP contribution in [0.25, 0.3) is 0 Å². The number of imide groups is 1. The standard InChI is InChI=1S/C21H20N2O5/c1-13-6-8-16(9-7-13)28-17-11-14(10-15(12-17)23(26)27)22-20(24)18-4-2-3-5-19(18)21(22)25/h6-12,18-19H,2-5H2,1H3. The molecule has 0 spiro atoms. The van der Waals surface area contributed by atoms with Crippen molar-refractivity contribution in [2.45, 2.75) is 32.6 Å². The topological polar surface area (TPSA) is 89.8 Å². The molecule has 1 saturated carbocycles. The number of hydrogen-bond donors (Lipinski definition) is 0. The lowest BCUT2D eigenvalue weighted by molar-refractivity contribution is -0.384. The van der Waals surface area contributed by atoms with Crippen LogP contribution < -0.4 is 9.64 Å². The molecule has 2 aliphatic rings. The monoisotopic (exact) mass is 380 g/mol. The molecule has 2 unspecified atom stereocenters. The summed E-state index contributed by atoms with van der Waals surface area (Å²) in [6.07, 6.45) is 3.22. The number of amides is 2. The summed E-state index contributed by atoms with van der Waals surface area (Å²) in [6.45, 7) is 1.94. The third kappa shape index (κ3) is 3.24. The van der Waals surface area contributed by atoms with Crippen LogP contribution in [0.3, 0.4) is 0 Å². The first-order valence-electron chi connectivity index (χ1n) is 9.36. The number of ether oxygens (including phenoxy) is 1. The molecular formula is C21H20N2O5. The first-order chi connectivity index (χ1) is 13.4. The van der Waals surface area contributed by atoms with Gasteiger partial charge >= 0.3 is 0 Å². The molecule has 0 bridgehead atoms. The quantitative estimate of drug-likeness (QED) is 0.446. The first kappa shape index (κ1) is 18.2. The zero-order valence-electron chi connectivity index (χ0n) is 15.5. The number of non-ortho nitro benzene ring substituents is 1. The molecule has 0 N–H and O–H groups in total. The molecule has 0 radical (unpaired) electrons. The predicted molar refractivity (Wildman–Crippen MR) is 102 cm³/mol. The molecule has 2 aromatic carbocycles. The van der Waals surface area contributed by atoms with Gasteiger partial charge in [-0.05, 0) is 31.9 Å². The number of anilines is 1. The Kier molecular flexibility index (Phi) is 4.58. The minimum Gasteiger partial charge on any atom is -0.457 e. The average molecular weight is 380 g/mol. The Labute approximate surface area is 162 Å². The molecule has 0 aromatic heterocycles. The summed E-state index contributed by atoms with van der Waals surface area (Å²) >= 11 is 0. The molecule has 144 valence electrons. The SMILES string of the molecule is Cc1ccc(Oc2cc(N3C(=O)C4CCCCC4C3=O)cc([N+](=O)[O-])c2)cc1. The van der Waals surface area contributed by atoms with Gasteiger partial charge in [-0.3, -0.25) is 19.7 Å². The highest BCUT2D eigenvalue weighted by atomic mass is 16.6. The number of rotatable bonds is 4. The van der Waals surface area contributed by atoms with Gasteiger partial charge in [0.05, 0.1) is 28.5 Å². The molecule has 2 aromatic rings. The van der Waals surface area contributed by atoms with E-state index in [0.29, 0.717) is 18.6 Å². The van der Waals surface area contributed by atoms with E-state index in [2.05, 4.69) is 0 Å². The largest absolute Gasteiger partial charge is 0.457 e. The zero-order valence-corrected chi connectivity index (χ0v) is 15.5. The second kappa shape index (κ2) is 7.07. The summed E-state index contributed by atoms with van der Waals surface area (Å²) in [6, 6.07) is 11.3. The van der Waals surface area contributed by atoms with Gasteiger partial charge in [0.2, 0.25) is 11.8 Å². The van der Waals surface area contributed by atoms with Gasteiger partial charge in [-0.25, -0.2) is 4.90 Å². The van der Waals surface area contributed by atoms with Gasteiger partial charge in [-0.1, -0.05) is 30.5 Å². The molecule has 1 aliphatic heterocycles. The molecule has 2 amide bonds. The number of hydrogen-bond acceptors (Lipinski definition) is 5. The van der Waals surface area contributed by atoms with Crippen LogP contribution in [0, 0.1) is 28.9 Å². The highest BCUT2D eigenvalue weighted by Crippen LogP contribution is 2.42. The van der Waals surface area contributed by atoms with E-state index in [1.54, 1.807) is 12.1 Å². The van der Waals surface area contributed by atoms with Crippen molar-refractivity contribution in [3.63, 3.8) is 0 Å². The molecule has 4 rings (SSSR count). The minimum atomic E-state index is -0.552. The van der Waals surface area contributed by atoms with Gasteiger partial charge < -0.3 is 4.74 Å². The lowest BCUT2D eigenvalue weighted by Gasteiger charge is -2.19. The smallest absolute Gasteiger partial charge is 0.275 e. The normalized spacial score (nSPS) is 21.5. The Morgan fingerprint density at radius 2 is 1.57 bits per heavy atom. The second-order valence-electron chi connectivity index (χ2n) is 7.37. The fourth-order valence-corrected chi connectivity index (χ4v) is 4.02. The van der Waals surface area contributed by atoms with Crippen molar-refractivity contribution in [2.75, 3.05) is 4.90 Å². The lowest BCUT2D eigenvalue weighted by atomic mass is 9.81. The fraction of sp³-hybridized carbons (Fsp3) is 0.333. The second-order valence-corrected chi connectivity index (χ2v) is 7.37. The molecule has 2 atom stereocenters. The molecule has 7 nitrogen and oxygen atoms in total. The van der Waals surface area contributed by atoms with Gasteiger partial charge in [0.15, 0.2) is 0 Å². The van der Waals surface area contributed by atoms with E-state index < -0.39 is 4.92 Å². The molecule has 28 heavy (non-hydrogen) atoms. The Bertz CT molecular complexity index is 930. The first-order valence-corrected chi connectivity index (χ1v) is 9.36. The maximum absolute atomic E-state index is 12.8. The van der Waals surface area contributed by atoms with Crippen molar-refractivity contribution >= 4 is 23.2 Å². The van der Waals surface area contributed by atoms with E-state index in [1.807, 2.05) is 19.1 Å². The number of carbonyl (C=O) groups excluding carboxylic acids is 2. The number of carbonyl (C=O) groups is 2. The highest BCUT2D eigenvalue weighted by Gasteiger charge is 2.49. The number of benzene rings is 2. The van der Waals surface area contributed by atoms with Crippen molar-refractivity contribution in [1.29, 1.82) is 0 Å². The van der Waals surface area contributed by atoms with Gasteiger partial charge in [-0.15, -0.1) is 0 Å². The molecule has 1 heterocycles. The number of nitro groups is 1. The van der Waals surface area contributed by atoms with Gasteiger partial charge in [-0.2, -0.15) is 0 Å². The van der Waals surface area contributed by atoms with E-state index in [0.717, 1.165) is 23.3 Å². The van der Waals surface area contributed by atoms with Crippen LogP contribution in [0.5, 0.6) is 11.5 Å². The molecule has 2 fully saturated rings. The fourth-order valence-electron chi connectivity index (χ4n) is 4.02. The Hall–Kier alpha value is -3.22. The van der Waals surface area contributed by atoms with Crippen molar-refractivity contribution in [3.05, 3.63) is 58.1 Å². The minimum absolute atomic E-state index is 0.195. The summed E-state index contributed by atoms with van der Waals surface area (Å²) in [5.74, 6) is -0.440. The maximum atomic E-state index is 12.8. The van der Waals surface area contributed by atoms with Gasteiger partial charge in [0.1, 0.15) is 11.5 Å². The van der Waals surface area contributed by atoms with E-state index in [-0.39, 0.29) is 40.8 Å². The average Bonchev–Trinajstić information content (AvgIpc) is 2.94. The summed E-state index contributed by atoms with van der Waals surface area (Å²) in [4.78, 5) is 37.6. The maximum Gasteiger partial charge on any atom is 0.275 e. The van der Waals surface area contributed by atoms with Crippen LogP contribution in [-0.2, 0) is 9.59 Å². The number of aryl methyl sites for hydroxylation is 1. The van der Waals surface area contributed by atoms with E-state index in [4.69, 9.17) is 4.74 Å². The third-order valence-electron chi connectivity index (χ3n) is 5.44. The number of nitro benzene ring substituents is 1. The number of nitrogens with zero attached hydrogens (tertiary/aromatic N) is 2. The Morgan fingerprint density at radius 1 is 0.964 bits per heavy atom. The van der Waals surface area contributed by atoms with Gasteiger partial charge in [0, 0.05) is 12.1 Å². The zero-order chi connectivity index (χ0) is 19.8.